The Morgan fingerprint density at radius 1 is 1.19 bits per heavy atom. The molecule has 27 heavy (non-hydrogen) atoms. The Bertz CT molecular complexity index is 698. The van der Waals surface area contributed by atoms with Gasteiger partial charge in [0.1, 0.15) is 5.78 Å². The van der Waals surface area contributed by atoms with Crippen LogP contribution in [0.4, 0.5) is 0 Å². The molecule has 1 atom stereocenters. The molecule has 1 heterocycles. The molecule has 0 saturated carbocycles. The van der Waals surface area contributed by atoms with Gasteiger partial charge in [-0.15, -0.1) is 0 Å². The van der Waals surface area contributed by atoms with Gasteiger partial charge in [-0.05, 0) is 31.5 Å². The molecule has 1 N–H and O–H groups in total. The second kappa shape index (κ2) is 10.0. The fourth-order valence-electron chi connectivity index (χ4n) is 3.45. The summed E-state index contributed by atoms with van der Waals surface area (Å²) < 4.78 is 31.0. The number of ketones is 1. The average molecular weight is 414 g/mol. The van der Waals surface area contributed by atoms with Crippen LogP contribution < -0.4 is 0 Å². The van der Waals surface area contributed by atoms with Crippen molar-refractivity contribution in [2.24, 2.45) is 5.41 Å². The number of carbonyl (C=O) groups excluding carboxylic acids is 1. The van der Waals surface area contributed by atoms with Gasteiger partial charge >= 0.3 is 0 Å². The first kappa shape index (κ1) is 22.4. The van der Waals surface area contributed by atoms with Gasteiger partial charge in [0.2, 0.25) is 0 Å². The third-order valence-electron chi connectivity index (χ3n) is 5.02. The first-order valence-electron chi connectivity index (χ1n) is 9.55. The minimum absolute atomic E-state index is 0.110. The molecule has 1 fully saturated rings. The molecule has 0 spiro atoms. The molecule has 1 aliphatic heterocycles. The van der Waals surface area contributed by atoms with Gasteiger partial charge in [0.05, 0.1) is 5.75 Å². The minimum Gasteiger partial charge on any atom is -0.302 e. The molecule has 0 amide bonds. The number of benzene rings is 1. The summed E-state index contributed by atoms with van der Waals surface area (Å²) in [6.45, 7) is 6.90. The van der Waals surface area contributed by atoms with Gasteiger partial charge in [-0.1, -0.05) is 50.6 Å². The van der Waals surface area contributed by atoms with E-state index in [9.17, 15) is 13.2 Å². The fraction of sp³-hybridized carbons (Fsp3) is 0.650. The number of rotatable bonds is 10. The van der Waals surface area contributed by atoms with Crippen LogP contribution in [0, 0.1) is 5.41 Å². The Morgan fingerprint density at radius 2 is 1.81 bits per heavy atom. The number of hydrogen-bond donors (Lipinski definition) is 1. The van der Waals surface area contributed by atoms with Gasteiger partial charge in [0, 0.05) is 29.4 Å². The van der Waals surface area contributed by atoms with E-state index in [-0.39, 0.29) is 22.5 Å². The van der Waals surface area contributed by atoms with Crippen LogP contribution in [0.3, 0.4) is 0 Å². The van der Waals surface area contributed by atoms with E-state index in [0.29, 0.717) is 6.42 Å². The van der Waals surface area contributed by atoms with Gasteiger partial charge < -0.3 is 4.90 Å². The van der Waals surface area contributed by atoms with E-state index >= 15 is 0 Å². The van der Waals surface area contributed by atoms with Crippen LogP contribution in [-0.2, 0) is 14.9 Å². The number of thioether (sulfide) groups is 1. The molecule has 0 unspecified atom stereocenters. The molecule has 0 bridgehead atoms. The number of carbonyl (C=O) groups is 1. The summed E-state index contributed by atoms with van der Waals surface area (Å²) in [6.07, 6.45) is 4.02. The molecule has 152 valence electrons. The second-order valence-electron chi connectivity index (χ2n) is 7.90. The predicted octanol–water partition coefficient (Wildman–Crippen LogP) is 3.82. The lowest BCUT2D eigenvalue weighted by Gasteiger charge is -2.34. The van der Waals surface area contributed by atoms with Crippen molar-refractivity contribution in [3.63, 3.8) is 0 Å². The van der Waals surface area contributed by atoms with Crippen molar-refractivity contribution >= 4 is 27.7 Å². The van der Waals surface area contributed by atoms with Crippen LogP contribution >= 0.6 is 11.8 Å². The summed E-state index contributed by atoms with van der Waals surface area (Å²) in [7, 11) is -3.99. The van der Waals surface area contributed by atoms with Gasteiger partial charge in [-0.25, -0.2) is 0 Å². The molecule has 1 saturated heterocycles. The van der Waals surface area contributed by atoms with Gasteiger partial charge in [-0.2, -0.15) is 20.2 Å². The van der Waals surface area contributed by atoms with Gasteiger partial charge in [0.25, 0.3) is 10.1 Å². The Morgan fingerprint density at radius 3 is 2.41 bits per heavy atom. The molecule has 1 aromatic carbocycles. The van der Waals surface area contributed by atoms with Crippen LogP contribution in [0.25, 0.3) is 0 Å². The third-order valence-corrected chi connectivity index (χ3v) is 7.28. The zero-order valence-corrected chi connectivity index (χ0v) is 17.9. The maximum atomic E-state index is 13.1. The van der Waals surface area contributed by atoms with Crippen LogP contribution in [0.5, 0.6) is 0 Å². The van der Waals surface area contributed by atoms with E-state index in [0.717, 1.165) is 25.2 Å². The number of nitrogens with zero attached hydrogens (tertiary/aromatic N) is 1. The maximum absolute atomic E-state index is 13.1. The predicted molar refractivity (Wildman–Crippen MR) is 112 cm³/mol. The van der Waals surface area contributed by atoms with E-state index in [1.165, 1.54) is 31.0 Å². The van der Waals surface area contributed by atoms with Crippen LogP contribution in [-0.4, -0.2) is 54.8 Å². The molecule has 2 rings (SSSR count). The van der Waals surface area contributed by atoms with Crippen molar-refractivity contribution in [2.45, 2.75) is 44.8 Å². The summed E-state index contributed by atoms with van der Waals surface area (Å²) in [5.41, 5.74) is 0.577. The monoisotopic (exact) mass is 413 g/mol. The molecule has 1 aliphatic rings. The highest BCUT2D eigenvalue weighted by atomic mass is 32.2. The Balaban J connectivity index is 2.02. The summed E-state index contributed by atoms with van der Waals surface area (Å²) in [5, 5.41) is -0.110. The van der Waals surface area contributed by atoms with E-state index in [1.807, 2.05) is 44.2 Å². The van der Waals surface area contributed by atoms with Crippen LogP contribution in [0.1, 0.15) is 50.3 Å². The lowest BCUT2D eigenvalue weighted by molar-refractivity contribution is -0.128. The topological polar surface area (TPSA) is 74.7 Å². The zero-order chi connectivity index (χ0) is 19.9. The van der Waals surface area contributed by atoms with Crippen LogP contribution in [0.15, 0.2) is 30.3 Å². The molecule has 0 aromatic heterocycles. The second-order valence-corrected chi connectivity index (χ2v) is 10.8. The van der Waals surface area contributed by atoms with Crippen molar-refractivity contribution in [3.05, 3.63) is 35.9 Å². The number of Topliss-reactive ketones (excluding diaryl/α,β-unsaturated/α-hetero) is 1. The molecular formula is C20H31NO4S2. The maximum Gasteiger partial charge on any atom is 0.265 e. The largest absolute Gasteiger partial charge is 0.302 e. The molecule has 5 nitrogen and oxygen atoms in total. The van der Waals surface area contributed by atoms with Gasteiger partial charge in [-0.3, -0.25) is 9.35 Å². The van der Waals surface area contributed by atoms with E-state index in [2.05, 4.69) is 4.90 Å². The summed E-state index contributed by atoms with van der Waals surface area (Å²) >= 11 is 1.42. The number of piperidine rings is 1. The molecule has 7 heteroatoms. The summed E-state index contributed by atoms with van der Waals surface area (Å²) in [5.74, 6) is 0.159. The van der Waals surface area contributed by atoms with Crippen LogP contribution in [0.2, 0.25) is 0 Å². The first-order chi connectivity index (χ1) is 12.7. The quantitative estimate of drug-likeness (QED) is 0.588. The number of hydrogen-bond acceptors (Lipinski definition) is 5. The first-order valence-corrected chi connectivity index (χ1v) is 12.2. The summed E-state index contributed by atoms with van der Waals surface area (Å²) in [6, 6.07) is 9.71. The highest BCUT2D eigenvalue weighted by Gasteiger charge is 2.32. The number of likely N-dealkylation sites (tertiary alicyclic amines) is 1. The van der Waals surface area contributed by atoms with Crippen molar-refractivity contribution in [1.82, 2.24) is 4.90 Å². The minimum atomic E-state index is -3.99. The third kappa shape index (κ3) is 7.94. The standard InChI is InChI=1S/C20H31NO4S2/c1-20(2,16-21-11-7-4-8-12-21)19(22)15-18(17-9-5-3-6-10-17)26-13-14-27(23,24)25/h3,5-6,9-10,18H,4,7-8,11-16H2,1-2H3,(H,23,24,25)/t18-/m0/s1. The van der Waals surface area contributed by atoms with E-state index in [4.69, 9.17) is 4.55 Å². The Labute approximate surface area is 167 Å². The lowest BCUT2D eigenvalue weighted by atomic mass is 9.84. The highest BCUT2D eigenvalue weighted by molar-refractivity contribution is 8.00. The van der Waals surface area contributed by atoms with Crippen molar-refractivity contribution in [1.29, 1.82) is 0 Å². The highest BCUT2D eigenvalue weighted by Crippen LogP contribution is 2.35. The fourth-order valence-corrected chi connectivity index (χ4v) is 5.58. The molecule has 0 radical (unpaired) electrons. The Hall–Kier alpha value is -0.890. The molecular weight excluding hydrogens is 382 g/mol. The summed E-state index contributed by atoms with van der Waals surface area (Å²) in [4.78, 5) is 15.5. The van der Waals surface area contributed by atoms with Crippen molar-refractivity contribution in [3.8, 4) is 0 Å². The van der Waals surface area contributed by atoms with Crippen molar-refractivity contribution < 1.29 is 17.8 Å². The van der Waals surface area contributed by atoms with E-state index < -0.39 is 15.5 Å². The molecule has 1 aromatic rings. The lowest BCUT2D eigenvalue weighted by Crippen LogP contribution is -2.42. The van der Waals surface area contributed by atoms with E-state index in [1.54, 1.807) is 0 Å². The SMILES string of the molecule is CC(C)(CN1CCCCC1)C(=O)C[C@H](SCCS(=O)(=O)O)c1ccccc1. The average Bonchev–Trinajstić information content (AvgIpc) is 2.61. The molecule has 0 aliphatic carbocycles. The van der Waals surface area contributed by atoms with Crippen molar-refractivity contribution in [2.75, 3.05) is 31.1 Å². The Kier molecular flexibility index (Phi) is 8.34. The smallest absolute Gasteiger partial charge is 0.265 e. The normalized spacial score (nSPS) is 17.6. The zero-order valence-electron chi connectivity index (χ0n) is 16.3. The van der Waals surface area contributed by atoms with Gasteiger partial charge in [0.15, 0.2) is 0 Å².